The van der Waals surface area contributed by atoms with Crippen LogP contribution >= 0.6 is 0 Å². The zero-order valence-electron chi connectivity index (χ0n) is 14.0. The number of amides is 1. The van der Waals surface area contributed by atoms with Gasteiger partial charge < -0.3 is 9.64 Å². The third kappa shape index (κ3) is 5.00. The van der Waals surface area contributed by atoms with E-state index in [-0.39, 0.29) is 17.9 Å². The maximum atomic E-state index is 12.0. The third-order valence-electron chi connectivity index (χ3n) is 3.77. The van der Waals surface area contributed by atoms with Crippen molar-refractivity contribution in [1.29, 1.82) is 0 Å². The van der Waals surface area contributed by atoms with Crippen LogP contribution in [0.25, 0.3) is 0 Å². The number of hydrogen-bond acceptors (Lipinski definition) is 6. The highest BCUT2D eigenvalue weighted by atomic mass is 16.6. The van der Waals surface area contributed by atoms with E-state index in [1.54, 1.807) is 24.3 Å². The molecule has 0 radical (unpaired) electrons. The van der Waals surface area contributed by atoms with Gasteiger partial charge in [-0.1, -0.05) is 24.3 Å². The molecule has 2 aromatic carbocycles. The van der Waals surface area contributed by atoms with Crippen LogP contribution in [0.5, 0.6) is 0 Å². The molecule has 0 unspecified atom stereocenters. The number of nitro benzene ring substituents is 2. The molecule has 0 aliphatic carbocycles. The van der Waals surface area contributed by atoms with Crippen LogP contribution in [0.15, 0.2) is 48.5 Å². The molecule has 0 N–H and O–H groups in total. The molecule has 0 aliphatic heterocycles. The number of carbonyl (C=O) groups is 1. The second-order valence-electron chi connectivity index (χ2n) is 5.49. The summed E-state index contributed by atoms with van der Waals surface area (Å²) in [5, 5.41) is 21.4. The van der Waals surface area contributed by atoms with Crippen LogP contribution in [-0.4, -0.2) is 34.5 Å². The number of benzene rings is 2. The number of hydrogen-bond donors (Lipinski definition) is 0. The summed E-state index contributed by atoms with van der Waals surface area (Å²) in [5.74, 6) is 0. The summed E-state index contributed by atoms with van der Waals surface area (Å²) in [7, 11) is 1.27. The Kier molecular flexibility index (Phi) is 6.20. The molecule has 9 heteroatoms. The first kappa shape index (κ1) is 18.8. The van der Waals surface area contributed by atoms with Crippen molar-refractivity contribution < 1.29 is 19.4 Å². The minimum Gasteiger partial charge on any atom is -0.453 e. The fraction of sp³-hybridized carbons (Fsp3) is 0.235. The molecule has 2 rings (SSSR count). The van der Waals surface area contributed by atoms with Crippen molar-refractivity contribution in [2.75, 3.05) is 13.7 Å². The summed E-state index contributed by atoms with van der Waals surface area (Å²) in [5.41, 5.74) is 1.55. The van der Waals surface area contributed by atoms with Gasteiger partial charge in [0.2, 0.25) is 0 Å². The Morgan fingerprint density at radius 3 is 1.81 bits per heavy atom. The van der Waals surface area contributed by atoms with Crippen molar-refractivity contribution in [3.8, 4) is 0 Å². The van der Waals surface area contributed by atoms with Gasteiger partial charge in [-0.05, 0) is 17.5 Å². The molecule has 2 aromatic rings. The Hall–Kier alpha value is -3.49. The van der Waals surface area contributed by atoms with Crippen LogP contribution in [0.4, 0.5) is 16.2 Å². The molecular weight excluding hydrogens is 342 g/mol. The molecule has 0 saturated carbocycles. The van der Waals surface area contributed by atoms with E-state index in [1.165, 1.54) is 36.3 Å². The van der Waals surface area contributed by atoms with Crippen molar-refractivity contribution in [3.63, 3.8) is 0 Å². The van der Waals surface area contributed by atoms with Gasteiger partial charge >= 0.3 is 6.09 Å². The number of rotatable bonds is 7. The summed E-state index contributed by atoms with van der Waals surface area (Å²) >= 11 is 0. The summed E-state index contributed by atoms with van der Waals surface area (Å²) < 4.78 is 4.77. The first-order valence-corrected chi connectivity index (χ1v) is 7.70. The molecular formula is C17H17N3O6. The topological polar surface area (TPSA) is 116 Å². The van der Waals surface area contributed by atoms with Gasteiger partial charge in [-0.2, -0.15) is 0 Å². The standard InChI is InChI=1S/C17H17N3O6/c1-26-17(21)18(12-14-4-8-16(9-5-14)20(24)25)11-10-13-2-6-15(7-3-13)19(22)23/h2-9H,10-12H2,1H3. The Morgan fingerprint density at radius 2 is 1.38 bits per heavy atom. The molecule has 0 fully saturated rings. The smallest absolute Gasteiger partial charge is 0.409 e. The number of carbonyl (C=O) groups excluding carboxylic acids is 1. The van der Waals surface area contributed by atoms with Crippen molar-refractivity contribution >= 4 is 17.5 Å². The van der Waals surface area contributed by atoms with Crippen LogP contribution in [0, 0.1) is 20.2 Å². The molecule has 0 saturated heterocycles. The van der Waals surface area contributed by atoms with Gasteiger partial charge in [-0.15, -0.1) is 0 Å². The second-order valence-corrected chi connectivity index (χ2v) is 5.49. The van der Waals surface area contributed by atoms with E-state index in [1.807, 2.05) is 0 Å². The maximum absolute atomic E-state index is 12.0. The summed E-state index contributed by atoms with van der Waals surface area (Å²) in [4.78, 5) is 33.8. The predicted molar refractivity (Wildman–Crippen MR) is 92.7 cm³/mol. The molecule has 0 spiro atoms. The molecule has 0 aromatic heterocycles. The SMILES string of the molecule is COC(=O)N(CCc1ccc([N+](=O)[O-])cc1)Cc1ccc([N+](=O)[O-])cc1. The molecule has 9 nitrogen and oxygen atoms in total. The fourth-order valence-corrected chi connectivity index (χ4v) is 2.36. The van der Waals surface area contributed by atoms with Crippen LogP contribution in [0.1, 0.15) is 11.1 Å². The quantitative estimate of drug-likeness (QED) is 0.553. The van der Waals surface area contributed by atoms with Gasteiger partial charge in [0.05, 0.1) is 17.0 Å². The summed E-state index contributed by atoms with van der Waals surface area (Å²) in [6.07, 6.45) is -0.0367. The lowest BCUT2D eigenvalue weighted by molar-refractivity contribution is -0.385. The number of methoxy groups -OCH3 is 1. The van der Waals surface area contributed by atoms with E-state index in [0.717, 1.165) is 11.1 Å². The number of nitrogens with zero attached hydrogens (tertiary/aromatic N) is 3. The summed E-state index contributed by atoms with van der Waals surface area (Å²) in [6, 6.07) is 12.0. The van der Waals surface area contributed by atoms with E-state index in [0.29, 0.717) is 13.0 Å². The highest BCUT2D eigenvalue weighted by Crippen LogP contribution is 2.16. The number of non-ortho nitro benzene ring substituents is 2. The molecule has 0 bridgehead atoms. The molecule has 26 heavy (non-hydrogen) atoms. The minimum atomic E-state index is -0.523. The van der Waals surface area contributed by atoms with Gasteiger partial charge in [0.1, 0.15) is 0 Å². The maximum Gasteiger partial charge on any atom is 0.409 e. The Balaban J connectivity index is 2.03. The highest BCUT2D eigenvalue weighted by Gasteiger charge is 2.15. The van der Waals surface area contributed by atoms with Crippen molar-refractivity contribution in [2.24, 2.45) is 0 Å². The van der Waals surface area contributed by atoms with Crippen molar-refractivity contribution in [2.45, 2.75) is 13.0 Å². The Labute approximate surface area is 149 Å². The zero-order valence-corrected chi connectivity index (χ0v) is 14.0. The van der Waals surface area contributed by atoms with Gasteiger partial charge in [0.15, 0.2) is 0 Å². The first-order chi connectivity index (χ1) is 12.4. The lowest BCUT2D eigenvalue weighted by Gasteiger charge is -2.21. The van der Waals surface area contributed by atoms with E-state index in [4.69, 9.17) is 4.74 Å². The van der Waals surface area contributed by atoms with Crippen LogP contribution in [0.2, 0.25) is 0 Å². The zero-order chi connectivity index (χ0) is 19.1. The monoisotopic (exact) mass is 359 g/mol. The number of ether oxygens (including phenoxy) is 1. The second kappa shape index (κ2) is 8.56. The van der Waals surface area contributed by atoms with Crippen LogP contribution in [0.3, 0.4) is 0 Å². The molecule has 136 valence electrons. The summed E-state index contributed by atoms with van der Waals surface area (Å²) in [6.45, 7) is 0.569. The van der Waals surface area contributed by atoms with Crippen molar-refractivity contribution in [3.05, 3.63) is 79.9 Å². The molecule has 0 aliphatic rings. The first-order valence-electron chi connectivity index (χ1n) is 7.70. The molecule has 0 atom stereocenters. The van der Waals surface area contributed by atoms with Crippen LogP contribution < -0.4 is 0 Å². The van der Waals surface area contributed by atoms with Crippen molar-refractivity contribution in [1.82, 2.24) is 4.90 Å². The van der Waals surface area contributed by atoms with E-state index in [9.17, 15) is 25.0 Å². The van der Waals surface area contributed by atoms with E-state index < -0.39 is 15.9 Å². The predicted octanol–water partition coefficient (Wildman–Crippen LogP) is 3.31. The van der Waals surface area contributed by atoms with Gasteiger partial charge in [0.25, 0.3) is 11.4 Å². The molecule has 1 amide bonds. The van der Waals surface area contributed by atoms with Crippen LogP contribution in [-0.2, 0) is 17.7 Å². The fourth-order valence-electron chi connectivity index (χ4n) is 2.36. The van der Waals surface area contributed by atoms with E-state index >= 15 is 0 Å². The minimum absolute atomic E-state index is 0.00412. The third-order valence-corrected chi connectivity index (χ3v) is 3.77. The lowest BCUT2D eigenvalue weighted by atomic mass is 10.1. The van der Waals surface area contributed by atoms with Gasteiger partial charge in [-0.3, -0.25) is 20.2 Å². The Bertz CT molecular complexity index is 789. The van der Waals surface area contributed by atoms with E-state index in [2.05, 4.69) is 0 Å². The Morgan fingerprint density at radius 1 is 0.923 bits per heavy atom. The molecule has 0 heterocycles. The van der Waals surface area contributed by atoms with Gasteiger partial charge in [0, 0.05) is 37.4 Å². The average Bonchev–Trinajstić information content (AvgIpc) is 2.65. The normalized spacial score (nSPS) is 10.2. The number of nitro groups is 2. The lowest BCUT2D eigenvalue weighted by Crippen LogP contribution is -2.32. The largest absolute Gasteiger partial charge is 0.453 e. The highest BCUT2D eigenvalue weighted by molar-refractivity contribution is 5.67. The average molecular weight is 359 g/mol. The van der Waals surface area contributed by atoms with Gasteiger partial charge in [-0.25, -0.2) is 4.79 Å².